The largest absolute Gasteiger partial charge is 0.368 e. The topological polar surface area (TPSA) is 37.4 Å². The summed E-state index contributed by atoms with van der Waals surface area (Å²) in [4.78, 5) is 1.71. The molecule has 0 spiro atoms. The van der Waals surface area contributed by atoms with Gasteiger partial charge in [0.1, 0.15) is 5.82 Å². The van der Waals surface area contributed by atoms with Gasteiger partial charge in [-0.1, -0.05) is 12.1 Å². The van der Waals surface area contributed by atoms with Crippen molar-refractivity contribution in [2.75, 3.05) is 23.5 Å². The van der Waals surface area contributed by atoms with Gasteiger partial charge in [-0.25, -0.2) is 12.8 Å². The molecule has 1 saturated heterocycles. The fraction of sp³-hybridized carbons (Fsp3) is 0.500. The van der Waals surface area contributed by atoms with Crippen LogP contribution in [0.15, 0.2) is 18.2 Å². The van der Waals surface area contributed by atoms with E-state index in [1.165, 1.54) is 6.07 Å². The van der Waals surface area contributed by atoms with Crippen LogP contribution >= 0.6 is 11.6 Å². The summed E-state index contributed by atoms with van der Waals surface area (Å²) in [6, 6.07) is 4.56. The van der Waals surface area contributed by atoms with Crippen molar-refractivity contribution in [1.29, 1.82) is 0 Å². The lowest BCUT2D eigenvalue weighted by Crippen LogP contribution is -2.33. The lowest BCUT2D eigenvalue weighted by Gasteiger charge is -2.27. The van der Waals surface area contributed by atoms with Crippen molar-refractivity contribution >= 4 is 27.1 Å². The molecule has 0 N–H and O–H groups in total. The molecule has 1 aliphatic heterocycles. The highest BCUT2D eigenvalue weighted by Crippen LogP contribution is 2.29. The van der Waals surface area contributed by atoms with Crippen molar-refractivity contribution in [3.05, 3.63) is 29.6 Å². The Kier molecular flexibility index (Phi) is 3.82. The molecular weight excluding hydrogens is 277 g/mol. The highest BCUT2D eigenvalue weighted by Gasteiger charge is 2.32. The number of nitrogens with zero attached hydrogens (tertiary/aromatic N) is 1. The summed E-state index contributed by atoms with van der Waals surface area (Å²) in [7, 11) is -1.26. The summed E-state index contributed by atoms with van der Waals surface area (Å²) >= 11 is 5.80. The van der Waals surface area contributed by atoms with Gasteiger partial charge in [0.25, 0.3) is 0 Å². The fourth-order valence-electron chi connectivity index (χ4n) is 2.33. The molecule has 1 unspecified atom stereocenters. The van der Waals surface area contributed by atoms with Crippen molar-refractivity contribution in [2.24, 2.45) is 0 Å². The maximum atomic E-state index is 13.9. The predicted octanol–water partition coefficient (Wildman–Crippen LogP) is 2.19. The first-order valence-corrected chi connectivity index (χ1v) is 8.07. The van der Waals surface area contributed by atoms with Crippen LogP contribution < -0.4 is 4.90 Å². The molecule has 0 radical (unpaired) electrons. The maximum Gasteiger partial charge on any atom is 0.152 e. The molecule has 18 heavy (non-hydrogen) atoms. The average Bonchev–Trinajstić information content (AvgIpc) is 2.68. The van der Waals surface area contributed by atoms with Crippen LogP contribution in [-0.4, -0.2) is 33.0 Å². The third kappa shape index (κ3) is 2.62. The molecular formula is C12H15ClFNO2S. The van der Waals surface area contributed by atoms with E-state index in [4.69, 9.17) is 11.6 Å². The van der Waals surface area contributed by atoms with Gasteiger partial charge in [0.05, 0.1) is 17.2 Å². The van der Waals surface area contributed by atoms with Gasteiger partial charge in [-0.05, 0) is 18.1 Å². The molecule has 0 bridgehead atoms. The van der Waals surface area contributed by atoms with Gasteiger partial charge >= 0.3 is 0 Å². The molecule has 1 atom stereocenters. The van der Waals surface area contributed by atoms with Crippen LogP contribution in [0, 0.1) is 5.82 Å². The van der Waals surface area contributed by atoms with E-state index in [-0.39, 0.29) is 29.2 Å². The Labute approximate surface area is 111 Å². The van der Waals surface area contributed by atoms with Crippen molar-refractivity contribution in [2.45, 2.75) is 18.3 Å². The molecule has 0 amide bonds. The predicted molar refractivity (Wildman–Crippen MR) is 71.4 cm³/mol. The minimum Gasteiger partial charge on any atom is -0.368 e. The van der Waals surface area contributed by atoms with Gasteiger partial charge in [-0.15, -0.1) is 11.6 Å². The van der Waals surface area contributed by atoms with E-state index in [9.17, 15) is 12.8 Å². The zero-order valence-electron chi connectivity index (χ0n) is 10.1. The number of halogens is 2. The lowest BCUT2D eigenvalue weighted by atomic mass is 10.1. The van der Waals surface area contributed by atoms with Crippen LogP contribution in [0.5, 0.6) is 0 Å². The summed E-state index contributed by atoms with van der Waals surface area (Å²) in [6.45, 7) is 0. The minimum atomic E-state index is -2.98. The van der Waals surface area contributed by atoms with E-state index in [1.54, 1.807) is 24.1 Å². The summed E-state index contributed by atoms with van der Waals surface area (Å²) in [5, 5.41) is 0. The highest BCUT2D eigenvalue weighted by atomic mass is 35.5. The van der Waals surface area contributed by atoms with Crippen LogP contribution in [-0.2, 0) is 15.7 Å². The van der Waals surface area contributed by atoms with Crippen molar-refractivity contribution in [1.82, 2.24) is 0 Å². The molecule has 100 valence electrons. The van der Waals surface area contributed by atoms with E-state index in [1.807, 2.05) is 0 Å². The summed E-state index contributed by atoms with van der Waals surface area (Å²) < 4.78 is 36.8. The zero-order chi connectivity index (χ0) is 13.3. The second kappa shape index (κ2) is 5.05. The van der Waals surface area contributed by atoms with Crippen molar-refractivity contribution < 1.29 is 12.8 Å². The Morgan fingerprint density at radius 1 is 1.50 bits per heavy atom. The van der Waals surface area contributed by atoms with Gasteiger partial charge in [0.2, 0.25) is 0 Å². The van der Waals surface area contributed by atoms with E-state index in [0.717, 1.165) is 0 Å². The molecule has 6 heteroatoms. The maximum absolute atomic E-state index is 13.9. The molecule has 0 aliphatic carbocycles. The summed E-state index contributed by atoms with van der Waals surface area (Å²) in [6.07, 6.45) is 0.537. The molecule has 1 fully saturated rings. The standard InChI is InChI=1S/C12H15ClFNO2S/c1-15(10-5-6-18(16,17)8-10)12-9(7-13)3-2-4-11(12)14/h2-4,10H,5-8H2,1H3. The van der Waals surface area contributed by atoms with Gasteiger partial charge in [0, 0.05) is 19.0 Å². The summed E-state index contributed by atoms with van der Waals surface area (Å²) in [5.74, 6) is 0.100. The fourth-order valence-corrected chi connectivity index (χ4v) is 4.32. The lowest BCUT2D eigenvalue weighted by molar-refractivity contribution is 0.596. The molecule has 1 aliphatic rings. The number of hydrogen-bond donors (Lipinski definition) is 0. The summed E-state index contributed by atoms with van der Waals surface area (Å²) in [5.41, 5.74) is 1.10. The minimum absolute atomic E-state index is 0.0829. The molecule has 0 saturated carbocycles. The Bertz CT molecular complexity index is 547. The first-order valence-electron chi connectivity index (χ1n) is 5.71. The van der Waals surface area contributed by atoms with Crippen molar-refractivity contribution in [3.63, 3.8) is 0 Å². The zero-order valence-corrected chi connectivity index (χ0v) is 11.6. The quantitative estimate of drug-likeness (QED) is 0.801. The van der Waals surface area contributed by atoms with Gasteiger partial charge in [-0.2, -0.15) is 0 Å². The van der Waals surface area contributed by atoms with Gasteiger partial charge in [-0.3, -0.25) is 0 Å². The van der Waals surface area contributed by atoms with E-state index >= 15 is 0 Å². The van der Waals surface area contributed by atoms with Crippen LogP contribution in [0.2, 0.25) is 0 Å². The Morgan fingerprint density at radius 3 is 2.78 bits per heavy atom. The third-order valence-corrected chi connectivity index (χ3v) is 5.36. The van der Waals surface area contributed by atoms with Gasteiger partial charge < -0.3 is 4.90 Å². The number of alkyl halides is 1. The van der Waals surface area contributed by atoms with Crippen LogP contribution in [0.3, 0.4) is 0 Å². The SMILES string of the molecule is CN(c1c(F)cccc1CCl)C1CCS(=O)(=O)C1. The Hall–Kier alpha value is -0.810. The number of para-hydroxylation sites is 1. The van der Waals surface area contributed by atoms with E-state index < -0.39 is 9.84 Å². The molecule has 2 rings (SSSR count). The van der Waals surface area contributed by atoms with Gasteiger partial charge in [0.15, 0.2) is 9.84 Å². The van der Waals surface area contributed by atoms with E-state index in [0.29, 0.717) is 17.7 Å². The molecule has 3 nitrogen and oxygen atoms in total. The average molecular weight is 292 g/mol. The van der Waals surface area contributed by atoms with Crippen molar-refractivity contribution in [3.8, 4) is 0 Å². The highest BCUT2D eigenvalue weighted by molar-refractivity contribution is 7.91. The first-order chi connectivity index (χ1) is 8.44. The number of rotatable bonds is 3. The van der Waals surface area contributed by atoms with Crippen LogP contribution in [0.1, 0.15) is 12.0 Å². The Balaban J connectivity index is 2.32. The third-order valence-electron chi connectivity index (χ3n) is 3.32. The second-order valence-electron chi connectivity index (χ2n) is 4.55. The second-order valence-corrected chi connectivity index (χ2v) is 7.04. The number of hydrogen-bond acceptors (Lipinski definition) is 3. The van der Waals surface area contributed by atoms with Crippen LogP contribution in [0.25, 0.3) is 0 Å². The first kappa shape index (κ1) is 13.6. The van der Waals surface area contributed by atoms with Crippen LogP contribution in [0.4, 0.5) is 10.1 Å². The number of benzene rings is 1. The van der Waals surface area contributed by atoms with E-state index in [2.05, 4.69) is 0 Å². The molecule has 1 heterocycles. The molecule has 1 aromatic rings. The number of sulfone groups is 1. The monoisotopic (exact) mass is 291 g/mol. The Morgan fingerprint density at radius 2 is 2.22 bits per heavy atom. The molecule has 1 aromatic carbocycles. The molecule has 0 aromatic heterocycles. The number of anilines is 1. The smallest absolute Gasteiger partial charge is 0.152 e. The normalized spacial score (nSPS) is 22.1.